The van der Waals surface area contributed by atoms with Gasteiger partial charge in [-0.3, -0.25) is 4.79 Å². The maximum Gasteiger partial charge on any atom is 0.277 e. The van der Waals surface area contributed by atoms with Crippen LogP contribution < -0.4 is 14.9 Å². The minimum atomic E-state index is -0.399. The van der Waals surface area contributed by atoms with Crippen molar-refractivity contribution in [1.82, 2.24) is 5.43 Å². The summed E-state index contributed by atoms with van der Waals surface area (Å²) < 4.78 is 11.6. The molecule has 0 spiro atoms. The van der Waals surface area contributed by atoms with E-state index >= 15 is 0 Å². The number of amides is 1. The number of ether oxygens (including phenoxy) is 2. The smallest absolute Gasteiger partial charge is 0.277 e. The van der Waals surface area contributed by atoms with Gasteiger partial charge in [0.05, 0.1) is 18.3 Å². The molecule has 0 unspecified atom stereocenters. The highest BCUT2D eigenvalue weighted by Crippen LogP contribution is 2.28. The van der Waals surface area contributed by atoms with Crippen molar-refractivity contribution in [3.63, 3.8) is 0 Å². The molecule has 0 heterocycles. The summed E-state index contributed by atoms with van der Waals surface area (Å²) in [5.74, 6) is 0.698. The molecule has 27 heavy (non-hydrogen) atoms. The first-order valence-electron chi connectivity index (χ1n) is 8.04. The lowest BCUT2D eigenvalue weighted by atomic mass is 10.0. The fourth-order valence-electron chi connectivity index (χ4n) is 2.52. The molecule has 5 nitrogen and oxygen atoms in total. The predicted octanol–water partition coefficient (Wildman–Crippen LogP) is 4.79. The van der Waals surface area contributed by atoms with Gasteiger partial charge in [0.2, 0.25) is 0 Å². The van der Waals surface area contributed by atoms with Crippen molar-refractivity contribution in [2.75, 3.05) is 13.7 Å². The molecule has 0 aliphatic heterocycles. The van der Waals surface area contributed by atoms with Crippen molar-refractivity contribution in [2.45, 2.75) is 0 Å². The number of benzene rings is 3. The van der Waals surface area contributed by atoms with Crippen molar-refractivity contribution in [3.05, 3.63) is 69.7 Å². The Morgan fingerprint density at radius 1 is 1.19 bits per heavy atom. The van der Waals surface area contributed by atoms with Crippen LogP contribution in [-0.4, -0.2) is 25.8 Å². The topological polar surface area (TPSA) is 59.9 Å². The molecule has 1 amide bonds. The van der Waals surface area contributed by atoms with Crippen molar-refractivity contribution in [1.29, 1.82) is 0 Å². The number of hydrogen-bond acceptors (Lipinski definition) is 4. The molecule has 0 atom stereocenters. The van der Waals surface area contributed by atoms with Gasteiger partial charge in [0.25, 0.3) is 5.91 Å². The number of carbonyl (C=O) groups is 1. The van der Waals surface area contributed by atoms with Crippen LogP contribution in [0, 0.1) is 0 Å². The second-order valence-corrected chi connectivity index (χ2v) is 6.88. The van der Waals surface area contributed by atoms with E-state index in [1.807, 2.05) is 36.4 Å². The van der Waals surface area contributed by atoms with Gasteiger partial charge >= 0.3 is 0 Å². The summed E-state index contributed by atoms with van der Waals surface area (Å²) in [7, 11) is 1.59. The van der Waals surface area contributed by atoms with Crippen LogP contribution in [0.3, 0.4) is 0 Å². The largest absolute Gasteiger partial charge is 0.496 e. The molecule has 1 N–H and O–H groups in total. The first-order valence-corrected chi connectivity index (χ1v) is 9.21. The van der Waals surface area contributed by atoms with Crippen LogP contribution >= 0.6 is 27.5 Å². The number of halogens is 2. The number of nitrogens with zero attached hydrogens (tertiary/aromatic N) is 1. The molecule has 0 aliphatic rings. The SMILES string of the molecule is COc1ccc2ccccc2c1C=NNC(=O)COc1ccc(Br)cc1Cl. The number of carbonyl (C=O) groups excluding carboxylic acids is 1. The van der Waals surface area contributed by atoms with Crippen molar-refractivity contribution in [3.8, 4) is 11.5 Å². The summed E-state index contributed by atoms with van der Waals surface area (Å²) in [5, 5.41) is 6.48. The monoisotopic (exact) mass is 446 g/mol. The van der Waals surface area contributed by atoms with E-state index in [1.54, 1.807) is 31.5 Å². The highest BCUT2D eigenvalue weighted by atomic mass is 79.9. The summed E-state index contributed by atoms with van der Waals surface area (Å²) in [6, 6.07) is 16.9. The highest BCUT2D eigenvalue weighted by Gasteiger charge is 2.08. The van der Waals surface area contributed by atoms with E-state index in [4.69, 9.17) is 21.1 Å². The molecule has 7 heteroatoms. The first-order chi connectivity index (χ1) is 13.1. The molecule has 0 radical (unpaired) electrons. The number of methoxy groups -OCH3 is 1. The number of nitrogens with one attached hydrogen (secondary N) is 1. The van der Waals surface area contributed by atoms with Gasteiger partial charge in [0.1, 0.15) is 11.5 Å². The molecule has 0 saturated heterocycles. The Labute approximate surface area is 170 Å². The lowest BCUT2D eigenvalue weighted by Gasteiger charge is -2.09. The Morgan fingerprint density at radius 2 is 1.96 bits per heavy atom. The predicted molar refractivity (Wildman–Crippen MR) is 111 cm³/mol. The third kappa shape index (κ3) is 4.78. The van der Waals surface area contributed by atoms with E-state index in [9.17, 15) is 4.79 Å². The van der Waals surface area contributed by atoms with Crippen molar-refractivity contribution < 1.29 is 14.3 Å². The maximum atomic E-state index is 12.0. The molecule has 3 aromatic carbocycles. The molecule has 0 fully saturated rings. The molecular weight excluding hydrogens is 432 g/mol. The van der Waals surface area contributed by atoms with Crippen LogP contribution in [0.25, 0.3) is 10.8 Å². The molecule has 0 saturated carbocycles. The van der Waals surface area contributed by atoms with E-state index in [0.717, 1.165) is 20.8 Å². The Bertz CT molecular complexity index is 1010. The standard InChI is InChI=1S/C20H16BrClN2O3/c1-26-18-8-6-13-4-2-3-5-15(13)16(18)11-23-24-20(25)12-27-19-9-7-14(21)10-17(19)22/h2-11H,12H2,1H3,(H,24,25). The number of hydrogen-bond donors (Lipinski definition) is 1. The van der Waals surface area contributed by atoms with Gasteiger partial charge in [0.15, 0.2) is 6.61 Å². The Hall–Kier alpha value is -2.57. The van der Waals surface area contributed by atoms with E-state index in [0.29, 0.717) is 16.5 Å². The zero-order valence-corrected chi connectivity index (χ0v) is 16.8. The normalized spacial score (nSPS) is 10.9. The van der Waals surface area contributed by atoms with Gasteiger partial charge in [0, 0.05) is 10.0 Å². The Kier molecular flexibility index (Phi) is 6.32. The molecule has 3 rings (SSSR count). The van der Waals surface area contributed by atoms with E-state index in [2.05, 4.69) is 26.5 Å². The van der Waals surface area contributed by atoms with Crippen molar-refractivity contribution >= 4 is 50.4 Å². The second kappa shape index (κ2) is 8.88. The molecule has 138 valence electrons. The zero-order valence-electron chi connectivity index (χ0n) is 14.4. The number of fused-ring (bicyclic) bond motifs is 1. The minimum Gasteiger partial charge on any atom is -0.496 e. The van der Waals surface area contributed by atoms with Gasteiger partial charge in [-0.1, -0.05) is 57.9 Å². The zero-order chi connectivity index (χ0) is 19.2. The molecule has 3 aromatic rings. The molecule has 0 bridgehead atoms. The van der Waals surface area contributed by atoms with Crippen LogP contribution in [0.2, 0.25) is 5.02 Å². The quantitative estimate of drug-likeness (QED) is 0.436. The van der Waals surface area contributed by atoms with E-state index in [-0.39, 0.29) is 6.61 Å². The van der Waals surface area contributed by atoms with Gasteiger partial charge in [-0.15, -0.1) is 0 Å². The van der Waals surface area contributed by atoms with E-state index in [1.165, 1.54) is 0 Å². The average Bonchev–Trinajstić information content (AvgIpc) is 2.67. The van der Waals surface area contributed by atoms with Crippen LogP contribution in [0.1, 0.15) is 5.56 Å². The average molecular weight is 448 g/mol. The lowest BCUT2D eigenvalue weighted by Crippen LogP contribution is -2.24. The van der Waals surface area contributed by atoms with Crippen LogP contribution in [0.15, 0.2) is 64.2 Å². The third-order valence-corrected chi connectivity index (χ3v) is 4.57. The van der Waals surface area contributed by atoms with Crippen LogP contribution in [0.5, 0.6) is 11.5 Å². The van der Waals surface area contributed by atoms with Gasteiger partial charge in [-0.25, -0.2) is 5.43 Å². The maximum absolute atomic E-state index is 12.0. The molecular formula is C20H16BrClN2O3. The third-order valence-electron chi connectivity index (χ3n) is 3.79. The number of rotatable bonds is 6. The van der Waals surface area contributed by atoms with Gasteiger partial charge in [-0.2, -0.15) is 5.10 Å². The second-order valence-electron chi connectivity index (χ2n) is 5.56. The summed E-state index contributed by atoms with van der Waals surface area (Å²) in [6.45, 7) is -0.203. The molecule has 0 aromatic heterocycles. The number of hydrazone groups is 1. The first kappa shape index (κ1) is 19.2. The fourth-order valence-corrected chi connectivity index (χ4v) is 3.25. The summed E-state index contributed by atoms with van der Waals surface area (Å²) in [6.07, 6.45) is 1.56. The minimum absolute atomic E-state index is 0.203. The highest BCUT2D eigenvalue weighted by molar-refractivity contribution is 9.10. The van der Waals surface area contributed by atoms with Crippen molar-refractivity contribution in [2.24, 2.45) is 5.10 Å². The van der Waals surface area contributed by atoms with E-state index < -0.39 is 5.91 Å². The lowest BCUT2D eigenvalue weighted by molar-refractivity contribution is -0.123. The van der Waals surface area contributed by atoms with Crippen LogP contribution in [0.4, 0.5) is 0 Å². The van der Waals surface area contributed by atoms with Gasteiger partial charge < -0.3 is 9.47 Å². The van der Waals surface area contributed by atoms with Crippen LogP contribution in [-0.2, 0) is 4.79 Å². The summed E-state index contributed by atoms with van der Waals surface area (Å²) in [5.41, 5.74) is 3.23. The Morgan fingerprint density at radius 3 is 2.74 bits per heavy atom. The summed E-state index contributed by atoms with van der Waals surface area (Å²) in [4.78, 5) is 12.0. The molecule has 0 aliphatic carbocycles. The fraction of sp³-hybridized carbons (Fsp3) is 0.100. The summed E-state index contributed by atoms with van der Waals surface area (Å²) >= 11 is 9.37. The Balaban J connectivity index is 1.66. The van der Waals surface area contributed by atoms with Gasteiger partial charge in [-0.05, 0) is 35.0 Å².